The van der Waals surface area contributed by atoms with Crippen LogP contribution in [-0.4, -0.2) is 60.1 Å². The van der Waals surface area contributed by atoms with Gasteiger partial charge < -0.3 is 20.3 Å². The molecule has 1 aliphatic rings. The lowest BCUT2D eigenvalue weighted by Crippen LogP contribution is -2.50. The Morgan fingerprint density at radius 3 is 2.03 bits per heavy atom. The SMILES string of the molecule is CC(=O)O.COc1cc(OC)cc(C(=O)NN2C(=O)N(c3ccccc3)C(=O)C2CC(N)=O)c1. The van der Waals surface area contributed by atoms with Crippen molar-refractivity contribution < 1.29 is 38.6 Å². The number of hydrogen-bond donors (Lipinski definition) is 3. The van der Waals surface area contributed by atoms with Crippen LogP contribution in [0.2, 0.25) is 0 Å². The highest BCUT2D eigenvalue weighted by atomic mass is 16.5. The zero-order valence-electron chi connectivity index (χ0n) is 18.7. The summed E-state index contributed by atoms with van der Waals surface area (Å²) in [6.45, 7) is 1.08. The van der Waals surface area contributed by atoms with E-state index in [0.29, 0.717) is 17.2 Å². The van der Waals surface area contributed by atoms with Gasteiger partial charge >= 0.3 is 6.03 Å². The Balaban J connectivity index is 0.000000945. The molecule has 4 N–H and O–H groups in total. The predicted molar refractivity (Wildman–Crippen MR) is 119 cm³/mol. The second-order valence-corrected chi connectivity index (χ2v) is 6.91. The molecule has 12 heteroatoms. The minimum absolute atomic E-state index is 0.127. The maximum Gasteiger partial charge on any atom is 0.350 e. The third-order valence-electron chi connectivity index (χ3n) is 4.46. The Morgan fingerprint density at radius 2 is 1.56 bits per heavy atom. The molecule has 1 unspecified atom stereocenters. The molecule has 2 aromatic rings. The topological polar surface area (TPSA) is 169 Å². The van der Waals surface area contributed by atoms with Crippen LogP contribution in [0.25, 0.3) is 0 Å². The molecule has 5 amide bonds. The number of ether oxygens (including phenoxy) is 2. The van der Waals surface area contributed by atoms with E-state index in [9.17, 15) is 19.2 Å². The number of aliphatic carboxylic acids is 1. The molecule has 0 saturated carbocycles. The van der Waals surface area contributed by atoms with Crippen molar-refractivity contribution in [1.29, 1.82) is 0 Å². The van der Waals surface area contributed by atoms with E-state index in [1.165, 1.54) is 26.4 Å². The fraction of sp³-hybridized carbons (Fsp3) is 0.227. The van der Waals surface area contributed by atoms with Gasteiger partial charge in [0.25, 0.3) is 17.8 Å². The van der Waals surface area contributed by atoms with Crippen molar-refractivity contribution in [3.8, 4) is 11.5 Å². The Kier molecular flexibility index (Phi) is 8.53. The molecule has 1 atom stereocenters. The van der Waals surface area contributed by atoms with Crippen LogP contribution >= 0.6 is 0 Å². The van der Waals surface area contributed by atoms with Gasteiger partial charge in [0.1, 0.15) is 17.5 Å². The number of hydrogen-bond acceptors (Lipinski definition) is 7. The maximum atomic E-state index is 12.9. The molecule has 0 radical (unpaired) electrons. The molecule has 1 heterocycles. The number of primary amides is 1. The van der Waals surface area contributed by atoms with Crippen LogP contribution in [0.4, 0.5) is 10.5 Å². The van der Waals surface area contributed by atoms with Crippen LogP contribution < -0.4 is 25.5 Å². The molecule has 1 saturated heterocycles. The summed E-state index contributed by atoms with van der Waals surface area (Å²) in [5, 5.41) is 8.23. The van der Waals surface area contributed by atoms with E-state index in [4.69, 9.17) is 25.1 Å². The Hall–Kier alpha value is -4.61. The number of nitrogens with zero attached hydrogens (tertiary/aromatic N) is 2. The van der Waals surface area contributed by atoms with Gasteiger partial charge in [-0.2, -0.15) is 0 Å². The van der Waals surface area contributed by atoms with Gasteiger partial charge in [0, 0.05) is 18.6 Å². The quantitative estimate of drug-likeness (QED) is 0.504. The third-order valence-corrected chi connectivity index (χ3v) is 4.46. The largest absolute Gasteiger partial charge is 0.497 e. The molecule has 0 aromatic heterocycles. The number of rotatable bonds is 7. The summed E-state index contributed by atoms with van der Waals surface area (Å²) in [6, 6.07) is 10.6. The summed E-state index contributed by atoms with van der Waals surface area (Å²) >= 11 is 0. The Morgan fingerprint density at radius 1 is 1.03 bits per heavy atom. The monoisotopic (exact) mass is 472 g/mol. The number of benzene rings is 2. The number of urea groups is 1. The minimum atomic E-state index is -1.27. The molecule has 0 aliphatic carbocycles. The van der Waals surface area contributed by atoms with E-state index in [1.807, 2.05) is 0 Å². The van der Waals surface area contributed by atoms with Gasteiger partial charge in [-0.05, 0) is 24.3 Å². The number of methoxy groups -OCH3 is 2. The predicted octanol–water partition coefficient (Wildman–Crippen LogP) is 1.15. The Labute approximate surface area is 194 Å². The number of anilines is 1. The van der Waals surface area contributed by atoms with Gasteiger partial charge in [-0.1, -0.05) is 18.2 Å². The third kappa shape index (κ3) is 6.22. The number of nitrogens with two attached hydrogens (primary N) is 1. The van der Waals surface area contributed by atoms with Crippen molar-refractivity contribution in [3.63, 3.8) is 0 Å². The summed E-state index contributed by atoms with van der Waals surface area (Å²) in [7, 11) is 2.86. The molecule has 1 aliphatic heterocycles. The van der Waals surface area contributed by atoms with E-state index in [1.54, 1.807) is 36.4 Å². The number of carbonyl (C=O) groups excluding carboxylic acids is 4. The van der Waals surface area contributed by atoms with Crippen molar-refractivity contribution in [3.05, 3.63) is 54.1 Å². The van der Waals surface area contributed by atoms with Gasteiger partial charge in [-0.3, -0.25) is 24.6 Å². The highest BCUT2D eigenvalue weighted by Crippen LogP contribution is 2.26. The van der Waals surface area contributed by atoms with Gasteiger partial charge in [-0.15, -0.1) is 0 Å². The Bertz CT molecular complexity index is 1060. The fourth-order valence-electron chi connectivity index (χ4n) is 3.02. The fourth-order valence-corrected chi connectivity index (χ4v) is 3.02. The van der Waals surface area contributed by atoms with Crippen LogP contribution in [0, 0.1) is 0 Å². The van der Waals surface area contributed by atoms with Crippen LogP contribution in [0.1, 0.15) is 23.7 Å². The zero-order valence-corrected chi connectivity index (χ0v) is 18.7. The normalized spacial score (nSPS) is 14.7. The zero-order chi connectivity index (χ0) is 25.4. The van der Waals surface area contributed by atoms with Gasteiger partial charge in [0.2, 0.25) is 5.91 Å². The average Bonchev–Trinajstić information content (AvgIpc) is 3.02. The smallest absolute Gasteiger partial charge is 0.350 e. The standard InChI is InChI=1S/C20H20N4O6.C2H4O2/c1-29-14-8-12(9-15(10-14)30-2)18(26)22-24-16(11-17(21)25)19(27)23(20(24)28)13-6-4-3-5-7-13;1-2(3)4/h3-10,16H,11H2,1-2H3,(H2,21,25)(H,22,26);1H3,(H,3,4). The highest BCUT2D eigenvalue weighted by Gasteiger charge is 2.47. The van der Waals surface area contributed by atoms with E-state index in [-0.39, 0.29) is 5.56 Å². The first kappa shape index (κ1) is 25.6. The molecule has 3 rings (SSSR count). The number of imide groups is 1. The summed E-state index contributed by atoms with van der Waals surface area (Å²) in [6.07, 6.45) is -0.449. The van der Waals surface area contributed by atoms with E-state index in [0.717, 1.165) is 16.8 Å². The van der Waals surface area contributed by atoms with E-state index in [2.05, 4.69) is 5.43 Å². The number of para-hydroxylation sites is 1. The van der Waals surface area contributed by atoms with Crippen molar-refractivity contribution in [2.75, 3.05) is 19.1 Å². The molecular formula is C22H24N4O8. The average molecular weight is 472 g/mol. The van der Waals surface area contributed by atoms with Crippen molar-refractivity contribution >= 4 is 35.4 Å². The van der Waals surface area contributed by atoms with E-state index < -0.39 is 42.2 Å². The van der Waals surface area contributed by atoms with Crippen molar-refractivity contribution in [2.24, 2.45) is 5.73 Å². The molecule has 1 fully saturated rings. The number of carboxylic acids is 1. The summed E-state index contributed by atoms with van der Waals surface area (Å²) in [5.74, 6) is -2.27. The van der Waals surface area contributed by atoms with Crippen LogP contribution in [0.3, 0.4) is 0 Å². The molecule has 12 nitrogen and oxygen atoms in total. The van der Waals surface area contributed by atoms with Crippen molar-refractivity contribution in [2.45, 2.75) is 19.4 Å². The number of carboxylic acid groups (broad SMARTS) is 1. The second-order valence-electron chi connectivity index (χ2n) is 6.91. The van der Waals surface area contributed by atoms with Crippen LogP contribution in [0.5, 0.6) is 11.5 Å². The highest BCUT2D eigenvalue weighted by molar-refractivity contribution is 6.22. The lowest BCUT2D eigenvalue weighted by atomic mass is 10.1. The number of nitrogens with one attached hydrogen (secondary N) is 1. The molecule has 180 valence electrons. The maximum absolute atomic E-state index is 12.9. The van der Waals surface area contributed by atoms with Crippen LogP contribution in [-0.2, 0) is 14.4 Å². The molecule has 0 bridgehead atoms. The minimum Gasteiger partial charge on any atom is -0.497 e. The second kappa shape index (κ2) is 11.3. The van der Waals surface area contributed by atoms with Crippen molar-refractivity contribution in [1.82, 2.24) is 10.4 Å². The molecule has 2 aromatic carbocycles. The van der Waals surface area contributed by atoms with Gasteiger partial charge in [-0.25, -0.2) is 14.7 Å². The van der Waals surface area contributed by atoms with Gasteiger partial charge in [0.05, 0.1) is 26.3 Å². The number of amides is 5. The molecule has 34 heavy (non-hydrogen) atoms. The van der Waals surface area contributed by atoms with Crippen LogP contribution in [0.15, 0.2) is 48.5 Å². The first-order valence-electron chi connectivity index (χ1n) is 9.83. The number of carbonyl (C=O) groups is 5. The van der Waals surface area contributed by atoms with Gasteiger partial charge in [0.15, 0.2) is 0 Å². The summed E-state index contributed by atoms with van der Waals surface area (Å²) < 4.78 is 10.3. The first-order valence-corrected chi connectivity index (χ1v) is 9.83. The number of hydrazine groups is 1. The molecule has 0 spiro atoms. The summed E-state index contributed by atoms with van der Waals surface area (Å²) in [4.78, 5) is 60.0. The first-order chi connectivity index (χ1) is 16.1. The molecular weight excluding hydrogens is 448 g/mol. The lowest BCUT2D eigenvalue weighted by molar-refractivity contribution is -0.134. The van der Waals surface area contributed by atoms with E-state index >= 15 is 0 Å². The lowest BCUT2D eigenvalue weighted by Gasteiger charge is -2.22. The summed E-state index contributed by atoms with van der Waals surface area (Å²) in [5.41, 5.74) is 8.08.